The third-order valence-electron chi connectivity index (χ3n) is 1.62. The minimum Gasteiger partial charge on any atom is -0.0898 e. The molecule has 2 heteroatoms. The van der Waals surface area contributed by atoms with Crippen LogP contribution in [0.15, 0.2) is 34.3 Å². The molecule has 1 aromatic carbocycles. The summed E-state index contributed by atoms with van der Waals surface area (Å²) in [5.41, 5.74) is 2.41. The predicted octanol–water partition coefficient (Wildman–Crippen LogP) is 4.45. The summed E-state index contributed by atoms with van der Waals surface area (Å²) in [4.78, 5) is 0. The molecule has 0 aromatic heterocycles. The molecule has 0 atom stereocenters. The number of hydrogen-bond donors (Lipinski definition) is 0. The molecule has 0 heterocycles. The summed E-state index contributed by atoms with van der Waals surface area (Å²) in [6.07, 6.45) is 2.78. The van der Waals surface area contributed by atoms with Crippen LogP contribution in [0.4, 0.5) is 0 Å². The highest BCUT2D eigenvalue weighted by molar-refractivity contribution is 9.10. The largest absolute Gasteiger partial charge is 0.0898 e. The second-order valence-corrected chi connectivity index (χ2v) is 4.44. The van der Waals surface area contributed by atoms with E-state index in [1.54, 1.807) is 0 Å². The van der Waals surface area contributed by atoms with Crippen molar-refractivity contribution < 1.29 is 0 Å². The molecule has 69 valence electrons. The Morgan fingerprint density at radius 3 is 2.77 bits per heavy atom. The highest BCUT2D eigenvalue weighted by Crippen LogP contribution is 2.19. The van der Waals surface area contributed by atoms with Crippen molar-refractivity contribution in [1.82, 2.24) is 0 Å². The standard InChI is InChI=1S/C11H11BrCl/c1-8-5-10(4-3-9(2)13)7-11(12)6-8/h4-7H,2-3H2,1H3. The Bertz CT molecular complexity index is 298. The van der Waals surface area contributed by atoms with Crippen LogP contribution in [0.1, 0.15) is 17.5 Å². The van der Waals surface area contributed by atoms with E-state index in [0.717, 1.165) is 10.9 Å². The number of allylic oxidation sites excluding steroid dienone is 1. The van der Waals surface area contributed by atoms with E-state index >= 15 is 0 Å². The third kappa shape index (κ3) is 3.97. The van der Waals surface area contributed by atoms with Crippen LogP contribution < -0.4 is 0 Å². The molecule has 0 unspecified atom stereocenters. The second kappa shape index (κ2) is 4.83. The maximum Gasteiger partial charge on any atom is 0.0180 e. The van der Waals surface area contributed by atoms with Gasteiger partial charge in [-0.1, -0.05) is 40.2 Å². The predicted molar refractivity (Wildman–Crippen MR) is 61.9 cm³/mol. The number of aryl methyl sites for hydroxylation is 1. The number of benzene rings is 1. The molecule has 1 aromatic rings. The van der Waals surface area contributed by atoms with E-state index < -0.39 is 0 Å². The van der Waals surface area contributed by atoms with Crippen molar-refractivity contribution in [2.24, 2.45) is 0 Å². The van der Waals surface area contributed by atoms with Crippen LogP contribution in [-0.2, 0) is 0 Å². The van der Waals surface area contributed by atoms with E-state index in [9.17, 15) is 0 Å². The smallest absolute Gasteiger partial charge is 0.0180 e. The molecule has 0 amide bonds. The summed E-state index contributed by atoms with van der Waals surface area (Å²) in [5, 5.41) is 0.664. The summed E-state index contributed by atoms with van der Waals surface area (Å²) in [6, 6.07) is 6.25. The molecule has 13 heavy (non-hydrogen) atoms. The zero-order chi connectivity index (χ0) is 9.84. The van der Waals surface area contributed by atoms with Crippen molar-refractivity contribution in [3.63, 3.8) is 0 Å². The van der Waals surface area contributed by atoms with Crippen molar-refractivity contribution in [2.75, 3.05) is 0 Å². The molecule has 0 fully saturated rings. The average molecular weight is 259 g/mol. The quantitative estimate of drug-likeness (QED) is 0.751. The zero-order valence-electron chi connectivity index (χ0n) is 7.48. The van der Waals surface area contributed by atoms with Gasteiger partial charge in [-0.05, 0) is 43.0 Å². The monoisotopic (exact) mass is 257 g/mol. The van der Waals surface area contributed by atoms with Gasteiger partial charge in [-0.2, -0.15) is 0 Å². The third-order valence-corrected chi connectivity index (χ3v) is 2.24. The lowest BCUT2D eigenvalue weighted by molar-refractivity contribution is 1.21. The first kappa shape index (κ1) is 10.8. The number of rotatable bonds is 3. The van der Waals surface area contributed by atoms with Gasteiger partial charge >= 0.3 is 0 Å². The van der Waals surface area contributed by atoms with E-state index in [-0.39, 0.29) is 0 Å². The Hall–Kier alpha value is -0.270. The number of hydrogen-bond acceptors (Lipinski definition) is 0. The molecule has 0 spiro atoms. The fourth-order valence-corrected chi connectivity index (χ4v) is 1.81. The fourth-order valence-electron chi connectivity index (χ4n) is 1.11. The van der Waals surface area contributed by atoms with Gasteiger partial charge in [-0.15, -0.1) is 0 Å². The molecule has 0 bridgehead atoms. The Kier molecular flexibility index (Phi) is 4.01. The van der Waals surface area contributed by atoms with E-state index in [2.05, 4.69) is 54.1 Å². The van der Waals surface area contributed by atoms with Crippen LogP contribution in [0, 0.1) is 13.3 Å². The van der Waals surface area contributed by atoms with Crippen molar-refractivity contribution in [2.45, 2.75) is 13.3 Å². The Morgan fingerprint density at radius 2 is 2.23 bits per heavy atom. The van der Waals surface area contributed by atoms with Gasteiger partial charge in [-0.3, -0.25) is 0 Å². The highest BCUT2D eigenvalue weighted by Gasteiger charge is 1.97. The molecule has 0 N–H and O–H groups in total. The molecule has 0 aliphatic heterocycles. The molecule has 0 saturated carbocycles. The molecular weight excluding hydrogens is 247 g/mol. The first-order chi connectivity index (χ1) is 6.08. The summed E-state index contributed by atoms with van der Waals surface area (Å²) >= 11 is 9.11. The minimum absolute atomic E-state index is 0.664. The van der Waals surface area contributed by atoms with Crippen molar-refractivity contribution >= 4 is 27.5 Å². The molecular formula is C11H11BrCl. The highest BCUT2D eigenvalue weighted by atomic mass is 79.9. The van der Waals surface area contributed by atoms with Crippen molar-refractivity contribution in [1.29, 1.82) is 0 Å². The Labute approximate surface area is 92.7 Å². The summed E-state index contributed by atoms with van der Waals surface area (Å²) in [6.45, 7) is 5.70. The van der Waals surface area contributed by atoms with Gasteiger partial charge < -0.3 is 0 Å². The summed E-state index contributed by atoms with van der Waals surface area (Å²) in [7, 11) is 0. The lowest BCUT2D eigenvalue weighted by atomic mass is 10.1. The Morgan fingerprint density at radius 1 is 1.54 bits per heavy atom. The summed E-state index contributed by atoms with van der Waals surface area (Å²) < 4.78 is 1.10. The molecule has 0 nitrogen and oxygen atoms in total. The van der Waals surface area contributed by atoms with Crippen LogP contribution in [0.3, 0.4) is 0 Å². The van der Waals surface area contributed by atoms with E-state index in [1.807, 2.05) is 0 Å². The number of halogens is 2. The van der Waals surface area contributed by atoms with Crippen molar-refractivity contribution in [3.8, 4) is 0 Å². The normalized spacial score (nSPS) is 10.1. The minimum atomic E-state index is 0.664. The van der Waals surface area contributed by atoms with E-state index in [0.29, 0.717) is 5.03 Å². The van der Waals surface area contributed by atoms with Crippen LogP contribution in [0.5, 0.6) is 0 Å². The van der Waals surface area contributed by atoms with Gasteiger partial charge in [0.25, 0.3) is 0 Å². The van der Waals surface area contributed by atoms with Crippen molar-refractivity contribution in [3.05, 3.63) is 51.8 Å². The zero-order valence-corrected chi connectivity index (χ0v) is 9.82. The van der Waals surface area contributed by atoms with Crippen LogP contribution in [0.25, 0.3) is 0 Å². The lowest BCUT2D eigenvalue weighted by Crippen LogP contribution is -1.84. The Balaban J connectivity index is 2.71. The molecule has 0 aliphatic carbocycles. The van der Waals surface area contributed by atoms with Gasteiger partial charge in [0.05, 0.1) is 0 Å². The average Bonchev–Trinajstić information content (AvgIpc) is 1.99. The second-order valence-electron chi connectivity index (χ2n) is 2.99. The van der Waals surface area contributed by atoms with Crippen LogP contribution in [-0.4, -0.2) is 0 Å². The van der Waals surface area contributed by atoms with Gasteiger partial charge in [-0.25, -0.2) is 0 Å². The van der Waals surface area contributed by atoms with Crippen LogP contribution >= 0.6 is 27.5 Å². The molecule has 1 radical (unpaired) electrons. The molecule has 1 rings (SSSR count). The lowest BCUT2D eigenvalue weighted by Gasteiger charge is -2.02. The van der Waals surface area contributed by atoms with Crippen LogP contribution in [0.2, 0.25) is 0 Å². The van der Waals surface area contributed by atoms with E-state index in [4.69, 9.17) is 11.6 Å². The first-order valence-corrected chi connectivity index (χ1v) is 5.19. The molecule has 0 aliphatic rings. The SMILES string of the molecule is C=C(Cl)C[CH]c1cc(C)cc(Br)c1. The van der Waals surface area contributed by atoms with Gasteiger partial charge in [0.1, 0.15) is 0 Å². The maximum absolute atomic E-state index is 5.67. The topological polar surface area (TPSA) is 0 Å². The van der Waals surface area contributed by atoms with Gasteiger partial charge in [0, 0.05) is 9.51 Å². The maximum atomic E-state index is 5.67. The first-order valence-electron chi connectivity index (χ1n) is 4.01. The van der Waals surface area contributed by atoms with Gasteiger partial charge in [0.2, 0.25) is 0 Å². The fraction of sp³-hybridized carbons (Fsp3) is 0.182. The van der Waals surface area contributed by atoms with Gasteiger partial charge in [0.15, 0.2) is 0 Å². The van der Waals surface area contributed by atoms with E-state index in [1.165, 1.54) is 11.1 Å². The molecule has 0 saturated heterocycles. The summed E-state index contributed by atoms with van der Waals surface area (Å²) in [5.74, 6) is 0.